The van der Waals surface area contributed by atoms with Crippen LogP contribution < -0.4 is 16.0 Å². The molecule has 28 heavy (non-hydrogen) atoms. The number of aryl methyl sites for hydroxylation is 1. The molecule has 0 bridgehead atoms. The molecule has 0 aliphatic carbocycles. The Morgan fingerprint density at radius 3 is 2.82 bits per heavy atom. The first-order valence-corrected chi connectivity index (χ1v) is 9.42. The third-order valence-electron chi connectivity index (χ3n) is 4.90. The lowest BCUT2D eigenvalue weighted by molar-refractivity contribution is -0.125. The van der Waals surface area contributed by atoms with Crippen molar-refractivity contribution in [3.05, 3.63) is 53.3 Å². The number of nitrogens with zero attached hydrogens (tertiary/aromatic N) is 2. The highest BCUT2D eigenvalue weighted by atomic mass is 35.5. The zero-order valence-corrected chi connectivity index (χ0v) is 17.1. The summed E-state index contributed by atoms with van der Waals surface area (Å²) in [6.45, 7) is 4.51. The number of hydrogen-bond acceptors (Lipinski definition) is 4. The van der Waals surface area contributed by atoms with E-state index in [1.165, 1.54) is 0 Å². The predicted molar refractivity (Wildman–Crippen MR) is 110 cm³/mol. The topological polar surface area (TPSA) is 88.1 Å². The van der Waals surface area contributed by atoms with Gasteiger partial charge in [-0.2, -0.15) is 5.10 Å². The number of halogens is 1. The number of amides is 2. The number of nitrogens with one attached hydrogen (secondary N) is 3. The molecule has 0 spiro atoms. The molecule has 7 nitrogen and oxygen atoms in total. The van der Waals surface area contributed by atoms with E-state index >= 15 is 0 Å². The van der Waals surface area contributed by atoms with Crippen LogP contribution in [0.2, 0.25) is 0 Å². The molecule has 3 N–H and O–H groups in total. The Morgan fingerprint density at radius 2 is 2.11 bits per heavy atom. The van der Waals surface area contributed by atoms with Crippen LogP contribution in [0, 0.1) is 5.92 Å². The molecule has 1 fully saturated rings. The van der Waals surface area contributed by atoms with Gasteiger partial charge in [-0.25, -0.2) is 0 Å². The Morgan fingerprint density at radius 1 is 1.29 bits per heavy atom. The zero-order chi connectivity index (χ0) is 19.2. The summed E-state index contributed by atoms with van der Waals surface area (Å²) >= 11 is 0. The van der Waals surface area contributed by atoms with Crippen LogP contribution in [0.5, 0.6) is 0 Å². The zero-order valence-electron chi connectivity index (χ0n) is 16.3. The summed E-state index contributed by atoms with van der Waals surface area (Å²) in [7, 11) is 1.88. The molecule has 1 saturated heterocycles. The maximum atomic E-state index is 12.7. The second-order valence-electron chi connectivity index (χ2n) is 6.99. The van der Waals surface area contributed by atoms with Crippen LogP contribution in [-0.2, 0) is 18.4 Å². The van der Waals surface area contributed by atoms with Crippen molar-refractivity contribution >= 4 is 24.2 Å². The lowest BCUT2D eigenvalue weighted by Crippen LogP contribution is -2.34. The molecule has 3 rings (SSSR count). The highest BCUT2D eigenvalue weighted by Crippen LogP contribution is 2.27. The molecular formula is C20H28ClN5O2. The van der Waals surface area contributed by atoms with Gasteiger partial charge in [0.15, 0.2) is 0 Å². The average molecular weight is 406 g/mol. The van der Waals surface area contributed by atoms with Gasteiger partial charge in [-0.15, -0.1) is 12.4 Å². The molecule has 1 aliphatic rings. The van der Waals surface area contributed by atoms with Gasteiger partial charge in [-0.3, -0.25) is 14.3 Å². The van der Waals surface area contributed by atoms with E-state index in [1.807, 2.05) is 44.6 Å². The van der Waals surface area contributed by atoms with Gasteiger partial charge in [0.05, 0.1) is 12.1 Å². The van der Waals surface area contributed by atoms with Crippen molar-refractivity contribution in [3.63, 3.8) is 0 Å². The maximum absolute atomic E-state index is 12.7. The van der Waals surface area contributed by atoms with Crippen molar-refractivity contribution in [2.45, 2.75) is 25.8 Å². The highest BCUT2D eigenvalue weighted by Gasteiger charge is 2.34. The largest absolute Gasteiger partial charge is 0.352 e. The van der Waals surface area contributed by atoms with Crippen molar-refractivity contribution in [1.82, 2.24) is 25.7 Å². The minimum Gasteiger partial charge on any atom is -0.352 e. The van der Waals surface area contributed by atoms with Crippen LogP contribution in [-0.4, -0.2) is 41.2 Å². The summed E-state index contributed by atoms with van der Waals surface area (Å²) in [6.07, 6.45) is 4.70. The van der Waals surface area contributed by atoms with Gasteiger partial charge in [0.1, 0.15) is 0 Å². The number of carbonyl (C=O) groups excluding carboxylic acids is 2. The van der Waals surface area contributed by atoms with Gasteiger partial charge in [0, 0.05) is 50.9 Å². The SMILES string of the molecule is CCCNC(=O)c1cccc(CNC(=O)[C@H]2CNC[C@@H]2c2cnn(C)c2)c1.Cl. The van der Waals surface area contributed by atoms with Crippen molar-refractivity contribution in [1.29, 1.82) is 0 Å². The number of rotatable bonds is 7. The Kier molecular flexibility index (Phi) is 8.02. The molecule has 0 radical (unpaired) electrons. The summed E-state index contributed by atoms with van der Waals surface area (Å²) in [4.78, 5) is 24.8. The fourth-order valence-corrected chi connectivity index (χ4v) is 3.42. The third kappa shape index (κ3) is 5.33. The molecule has 8 heteroatoms. The van der Waals surface area contributed by atoms with E-state index in [0.29, 0.717) is 25.2 Å². The normalized spacial score (nSPS) is 18.4. The molecule has 152 valence electrons. The van der Waals surface area contributed by atoms with Crippen molar-refractivity contribution in [2.24, 2.45) is 13.0 Å². The van der Waals surface area contributed by atoms with E-state index in [4.69, 9.17) is 0 Å². The van der Waals surface area contributed by atoms with Crippen molar-refractivity contribution < 1.29 is 9.59 Å². The Bertz CT molecular complexity index is 807. The molecule has 2 atom stereocenters. The van der Waals surface area contributed by atoms with Crippen LogP contribution in [0.15, 0.2) is 36.7 Å². The molecule has 2 amide bonds. The van der Waals surface area contributed by atoms with Crippen LogP contribution in [0.25, 0.3) is 0 Å². The number of hydrogen-bond donors (Lipinski definition) is 3. The molecule has 1 aliphatic heterocycles. The quantitative estimate of drug-likeness (QED) is 0.653. The van der Waals surface area contributed by atoms with Gasteiger partial charge >= 0.3 is 0 Å². The fraction of sp³-hybridized carbons (Fsp3) is 0.450. The smallest absolute Gasteiger partial charge is 0.251 e. The Hall–Kier alpha value is -2.38. The minimum absolute atomic E-state index is 0. The number of benzene rings is 1. The van der Waals surface area contributed by atoms with Gasteiger partial charge in [-0.05, 0) is 29.7 Å². The lowest BCUT2D eigenvalue weighted by atomic mass is 9.90. The first-order valence-electron chi connectivity index (χ1n) is 9.42. The van der Waals surface area contributed by atoms with E-state index in [0.717, 1.165) is 24.1 Å². The van der Waals surface area contributed by atoms with Crippen molar-refractivity contribution in [2.75, 3.05) is 19.6 Å². The summed E-state index contributed by atoms with van der Waals surface area (Å²) in [5.74, 6) is -0.0496. The van der Waals surface area contributed by atoms with E-state index in [9.17, 15) is 9.59 Å². The van der Waals surface area contributed by atoms with Crippen LogP contribution >= 0.6 is 12.4 Å². The molecule has 1 aromatic carbocycles. The van der Waals surface area contributed by atoms with Crippen LogP contribution in [0.3, 0.4) is 0 Å². The van der Waals surface area contributed by atoms with Gasteiger partial charge in [0.25, 0.3) is 5.91 Å². The summed E-state index contributed by atoms with van der Waals surface area (Å²) < 4.78 is 1.76. The first kappa shape index (κ1) is 21.9. The molecular weight excluding hydrogens is 378 g/mol. The third-order valence-corrected chi connectivity index (χ3v) is 4.90. The van der Waals surface area contributed by atoms with Gasteiger partial charge in [-0.1, -0.05) is 19.1 Å². The van der Waals surface area contributed by atoms with E-state index in [2.05, 4.69) is 21.0 Å². The molecule has 2 heterocycles. The second-order valence-corrected chi connectivity index (χ2v) is 6.99. The van der Waals surface area contributed by atoms with Gasteiger partial charge in [0.2, 0.25) is 5.91 Å². The van der Waals surface area contributed by atoms with E-state index in [1.54, 1.807) is 10.7 Å². The van der Waals surface area contributed by atoms with E-state index in [-0.39, 0.29) is 36.1 Å². The molecule has 0 unspecified atom stereocenters. The number of carbonyl (C=O) groups is 2. The van der Waals surface area contributed by atoms with Gasteiger partial charge < -0.3 is 16.0 Å². The predicted octanol–water partition coefficient (Wildman–Crippen LogP) is 1.60. The fourth-order valence-electron chi connectivity index (χ4n) is 3.42. The maximum Gasteiger partial charge on any atom is 0.251 e. The summed E-state index contributed by atoms with van der Waals surface area (Å²) in [5, 5.41) is 13.4. The number of aromatic nitrogens is 2. The molecule has 1 aromatic heterocycles. The average Bonchev–Trinajstić information content (AvgIpc) is 3.33. The van der Waals surface area contributed by atoms with Crippen LogP contribution in [0.4, 0.5) is 0 Å². The standard InChI is InChI=1S/C20H27N5O2.ClH/c1-3-7-22-19(26)15-6-4-5-14(8-15)9-23-20(27)18-12-21-11-17(18)16-10-24-25(2)13-16;/h4-6,8,10,13,17-18,21H,3,7,9,11-12H2,1-2H3,(H,22,26)(H,23,27);1H/t17-,18+;/m1./s1. The monoisotopic (exact) mass is 405 g/mol. The van der Waals surface area contributed by atoms with Crippen LogP contribution in [0.1, 0.15) is 40.7 Å². The summed E-state index contributed by atoms with van der Waals surface area (Å²) in [5.41, 5.74) is 2.61. The molecule has 0 saturated carbocycles. The Balaban J connectivity index is 0.00000280. The summed E-state index contributed by atoms with van der Waals surface area (Å²) in [6, 6.07) is 7.38. The Labute approximate surface area is 171 Å². The second kappa shape index (κ2) is 10.2. The highest BCUT2D eigenvalue weighted by molar-refractivity contribution is 5.94. The lowest BCUT2D eigenvalue weighted by Gasteiger charge is -2.17. The molecule has 2 aromatic rings. The van der Waals surface area contributed by atoms with E-state index < -0.39 is 0 Å². The minimum atomic E-state index is -0.120. The first-order chi connectivity index (χ1) is 13.1. The van der Waals surface area contributed by atoms with Crippen molar-refractivity contribution in [3.8, 4) is 0 Å².